The maximum absolute atomic E-state index is 14.8. The Balaban J connectivity index is 1.01. The SMILES string of the molecule is CC(=O)O[C@@H]1C2=C(C)[C@@H](OC(=O)[C@H](O)[C@@H](NC(=O)c3ccccc3)c3ccccc3)C[C@@](O)([C@@H](OC(=O)c3ccccc3)[C@H]3[C@@](C)(CC[C@H]4OC[C@]43OC(C)=O)[C@H]1OC(=O)CCC(=O)OC[C@H]1O[C@@H](n3cnc4c(Cl)ncnc43)[C@H](O)[C@@H]1O)C2(C)C. The number of hydrogen-bond donors (Lipinski definition) is 5. The van der Waals surface area contributed by atoms with E-state index < -0.39 is 163 Å². The predicted octanol–water partition coefficient (Wildman–Crippen LogP) is 4.54. The van der Waals surface area contributed by atoms with E-state index >= 15 is 0 Å². The zero-order chi connectivity index (χ0) is 61.6. The monoisotopic (exact) mass is 1210 g/mol. The van der Waals surface area contributed by atoms with E-state index in [4.69, 9.17) is 49.5 Å². The van der Waals surface area contributed by atoms with Crippen LogP contribution in [0.3, 0.4) is 0 Å². The van der Waals surface area contributed by atoms with E-state index in [1.807, 2.05) is 0 Å². The third kappa shape index (κ3) is 11.2. The quantitative estimate of drug-likeness (QED) is 0.0369. The molecule has 4 heterocycles. The van der Waals surface area contributed by atoms with E-state index in [0.717, 1.165) is 6.92 Å². The van der Waals surface area contributed by atoms with Crippen LogP contribution in [0, 0.1) is 16.7 Å². The van der Waals surface area contributed by atoms with Gasteiger partial charge in [-0.3, -0.25) is 28.5 Å². The zero-order valence-corrected chi connectivity index (χ0v) is 48.5. The number of nitrogens with zero attached hydrogens (tertiary/aromatic N) is 4. The summed E-state index contributed by atoms with van der Waals surface area (Å²) in [5.74, 6) is -7.90. The first-order valence-corrected chi connectivity index (χ1v) is 28.4. The van der Waals surface area contributed by atoms with Gasteiger partial charge in [-0.2, -0.15) is 0 Å². The molecule has 5 aliphatic rings. The topological polar surface area (TPSA) is 330 Å². The van der Waals surface area contributed by atoms with Crippen LogP contribution in [0.2, 0.25) is 5.15 Å². The summed E-state index contributed by atoms with van der Waals surface area (Å²) in [6, 6.07) is 22.8. The van der Waals surface area contributed by atoms with Gasteiger partial charge in [-0.15, -0.1) is 0 Å². The Bertz CT molecular complexity index is 3440. The number of aromatic nitrogens is 4. The van der Waals surface area contributed by atoms with Gasteiger partial charge < -0.3 is 63.6 Å². The van der Waals surface area contributed by atoms with Crippen LogP contribution in [0.15, 0.2) is 115 Å². The van der Waals surface area contributed by atoms with E-state index in [-0.39, 0.29) is 58.0 Å². The van der Waals surface area contributed by atoms with Crippen molar-refractivity contribution in [3.63, 3.8) is 0 Å². The summed E-state index contributed by atoms with van der Waals surface area (Å²) in [5.41, 5.74) is -6.29. The Hall–Kier alpha value is -7.71. The average molecular weight is 1210 g/mol. The van der Waals surface area contributed by atoms with Crippen LogP contribution < -0.4 is 5.32 Å². The van der Waals surface area contributed by atoms with Crippen molar-refractivity contribution in [2.75, 3.05) is 13.2 Å². The summed E-state index contributed by atoms with van der Waals surface area (Å²) in [5, 5.41) is 51.1. The summed E-state index contributed by atoms with van der Waals surface area (Å²) >= 11 is 6.17. The lowest BCUT2D eigenvalue weighted by Crippen LogP contribution is -2.80. The van der Waals surface area contributed by atoms with Crippen LogP contribution in [0.1, 0.15) is 112 Å². The number of carbonyl (C=O) groups is 7. The van der Waals surface area contributed by atoms with Crippen LogP contribution in [0.4, 0.5) is 0 Å². The summed E-state index contributed by atoms with van der Waals surface area (Å²) in [6.07, 6.45) is -14.5. The number of esters is 6. The molecule has 2 saturated heterocycles. The van der Waals surface area contributed by atoms with E-state index in [1.54, 1.807) is 107 Å². The van der Waals surface area contributed by atoms with E-state index in [0.29, 0.717) is 5.56 Å². The Morgan fingerprint density at radius 1 is 0.802 bits per heavy atom. The predicted molar refractivity (Wildman–Crippen MR) is 298 cm³/mol. The molecular formula is C61H66ClN5O19. The molecule has 10 rings (SSSR count). The number of ether oxygens (including phenoxy) is 8. The van der Waals surface area contributed by atoms with Gasteiger partial charge in [0.2, 0.25) is 0 Å². The van der Waals surface area contributed by atoms with E-state index in [1.165, 1.54) is 36.3 Å². The molecule has 0 spiro atoms. The summed E-state index contributed by atoms with van der Waals surface area (Å²) in [6.45, 7) is 7.80. The van der Waals surface area contributed by atoms with Crippen LogP contribution in [0.25, 0.3) is 11.2 Å². The third-order valence-electron chi connectivity index (χ3n) is 17.7. The highest BCUT2D eigenvalue weighted by Gasteiger charge is 2.77. The summed E-state index contributed by atoms with van der Waals surface area (Å²) in [4.78, 5) is 111. The molecule has 0 unspecified atom stereocenters. The molecule has 2 saturated carbocycles. The lowest BCUT2D eigenvalue weighted by Gasteiger charge is -2.68. The number of fused-ring (bicyclic) bond motifs is 6. The minimum absolute atomic E-state index is 0.0247. The van der Waals surface area contributed by atoms with Gasteiger partial charge in [-0.25, -0.2) is 24.5 Å². The lowest BCUT2D eigenvalue weighted by atomic mass is 9.45. The average Bonchev–Trinajstić information content (AvgIpc) is 0.874. The minimum atomic E-state index is -2.42. The van der Waals surface area contributed by atoms with Gasteiger partial charge in [-0.1, -0.05) is 99.1 Å². The Labute approximate surface area is 498 Å². The van der Waals surface area contributed by atoms with Crippen LogP contribution >= 0.6 is 11.6 Å². The maximum Gasteiger partial charge on any atom is 0.338 e. The molecule has 4 fully saturated rings. The Kier molecular flexibility index (Phi) is 17.3. The number of aliphatic hydroxyl groups excluding tert-OH is 3. The van der Waals surface area contributed by atoms with Gasteiger partial charge in [0.05, 0.1) is 43.3 Å². The van der Waals surface area contributed by atoms with Crippen molar-refractivity contribution in [1.29, 1.82) is 0 Å². The third-order valence-corrected chi connectivity index (χ3v) is 17.9. The highest BCUT2D eigenvalue weighted by molar-refractivity contribution is 6.33. The second-order valence-electron chi connectivity index (χ2n) is 23.2. The normalized spacial score (nSPS) is 30.5. The number of nitrogens with one attached hydrogen (secondary N) is 1. The van der Waals surface area contributed by atoms with Crippen molar-refractivity contribution in [3.8, 4) is 0 Å². The second-order valence-corrected chi connectivity index (χ2v) is 23.5. The number of carbonyl (C=O) groups excluding carboxylic acids is 7. The first-order valence-electron chi connectivity index (χ1n) is 28.1. The number of imidazole rings is 1. The van der Waals surface area contributed by atoms with Crippen molar-refractivity contribution < 1.29 is 91.9 Å². The molecule has 2 aromatic heterocycles. The van der Waals surface area contributed by atoms with Crippen molar-refractivity contribution in [3.05, 3.63) is 137 Å². The molecule has 86 heavy (non-hydrogen) atoms. The smallest absolute Gasteiger partial charge is 0.338 e. The van der Waals surface area contributed by atoms with Gasteiger partial charge in [0, 0.05) is 36.7 Å². The highest BCUT2D eigenvalue weighted by Crippen LogP contribution is 2.66. The van der Waals surface area contributed by atoms with Gasteiger partial charge >= 0.3 is 35.8 Å². The largest absolute Gasteiger partial charge is 0.463 e. The minimum Gasteiger partial charge on any atom is -0.463 e. The number of aliphatic hydroxyl groups is 4. The fraction of sp³-hybridized carbons (Fsp3) is 0.475. The van der Waals surface area contributed by atoms with Crippen molar-refractivity contribution in [2.45, 2.75) is 152 Å². The molecule has 15 atom stereocenters. The van der Waals surface area contributed by atoms with Crippen molar-refractivity contribution >= 4 is 64.5 Å². The van der Waals surface area contributed by atoms with Gasteiger partial charge in [0.1, 0.15) is 66.8 Å². The second kappa shape index (κ2) is 24.2. The number of amides is 1. The molecule has 0 radical (unpaired) electrons. The van der Waals surface area contributed by atoms with E-state index in [9.17, 15) is 54.0 Å². The summed E-state index contributed by atoms with van der Waals surface area (Å²) in [7, 11) is 0. The first kappa shape index (κ1) is 61.4. The zero-order valence-electron chi connectivity index (χ0n) is 47.8. The molecule has 25 heteroatoms. The lowest BCUT2D eigenvalue weighted by molar-refractivity contribution is -0.349. The van der Waals surface area contributed by atoms with Crippen LogP contribution in [-0.2, 0) is 61.9 Å². The molecule has 5 N–H and O–H groups in total. The maximum atomic E-state index is 14.8. The molecule has 5 aromatic rings. The molecule has 2 aliphatic heterocycles. The fourth-order valence-corrected chi connectivity index (χ4v) is 13.6. The Morgan fingerprint density at radius 2 is 1.45 bits per heavy atom. The van der Waals surface area contributed by atoms with E-state index in [2.05, 4.69) is 20.3 Å². The molecule has 3 aliphatic carbocycles. The highest BCUT2D eigenvalue weighted by atomic mass is 35.5. The molecular weight excluding hydrogens is 1140 g/mol. The van der Waals surface area contributed by atoms with Gasteiger partial charge in [0.25, 0.3) is 5.91 Å². The Morgan fingerprint density at radius 3 is 2.09 bits per heavy atom. The number of benzene rings is 3. The molecule has 2 bridgehead atoms. The molecule has 1 amide bonds. The molecule has 3 aromatic carbocycles. The van der Waals surface area contributed by atoms with Crippen molar-refractivity contribution in [1.82, 2.24) is 24.8 Å². The first-order chi connectivity index (χ1) is 40.9. The van der Waals surface area contributed by atoms with Crippen LogP contribution in [0.5, 0.6) is 0 Å². The number of rotatable bonds is 17. The van der Waals surface area contributed by atoms with Gasteiger partial charge in [0.15, 0.2) is 34.8 Å². The summed E-state index contributed by atoms with van der Waals surface area (Å²) < 4.78 is 51.0. The standard InChI is InChI=1S/C61H66ClN5O19/c1-31-37(83-57(77)46(73)43(34-16-10-7-11-17-34)66-54(75)35-18-12-8-13-19-35)26-61(78)51(85-56(76)36-20-14-9-15-21-36)49-59(6,25-24-39-60(49,28-80-39)86-33(3)69)50(48(81-32(2)68)42(31)58(61,4)5)84-41(71)23-22-40(70)79-27-38-45(72)47(74)55(82-38)67-30-65-44-52(62)63-29-64-53(44)67/h7-21,29-30,37-39,43,45-51,55,72-74,78H,22-28H2,1-6H3,(H,66,75)/t37-,38+,39+,43-,45+,46+,47+,48+,49-,50-,51-,55+,59+,60-,61+/m0/s1. The van der Waals surface area contributed by atoms with Crippen LogP contribution in [-0.4, -0.2) is 161 Å². The molecule has 456 valence electrons. The van der Waals surface area contributed by atoms with Crippen molar-refractivity contribution in [2.24, 2.45) is 16.7 Å². The van der Waals surface area contributed by atoms with Gasteiger partial charge in [-0.05, 0) is 60.7 Å². The molecule has 24 nitrogen and oxygen atoms in total. The number of hydrogen-bond acceptors (Lipinski definition) is 22. The fourth-order valence-electron chi connectivity index (χ4n) is 13.4. The number of halogens is 1.